The largest absolute Gasteiger partial charge is 0.324 e. The lowest BCUT2D eigenvalue weighted by molar-refractivity contribution is -0.116. The van der Waals surface area contributed by atoms with Crippen LogP contribution in [0.2, 0.25) is 0 Å². The third kappa shape index (κ3) is 4.58. The Hall–Kier alpha value is -3.31. The van der Waals surface area contributed by atoms with Crippen LogP contribution in [-0.4, -0.2) is 21.7 Å². The van der Waals surface area contributed by atoms with Gasteiger partial charge in [0.25, 0.3) is 0 Å². The second-order valence-electron chi connectivity index (χ2n) is 6.57. The molecule has 0 aliphatic heterocycles. The fraction of sp³-hybridized carbons (Fsp3) is 0.0833. The molecule has 0 fully saturated rings. The molecule has 5 heteroatoms. The number of carbonyl (C=O) groups is 1. The molecule has 1 amide bonds. The van der Waals surface area contributed by atoms with Crippen molar-refractivity contribution in [2.45, 2.75) is 11.4 Å². The van der Waals surface area contributed by atoms with E-state index in [4.69, 9.17) is 4.98 Å². The number of thioether (sulfide) groups is 1. The maximum atomic E-state index is 12.8. The van der Waals surface area contributed by atoms with Gasteiger partial charge in [0, 0.05) is 10.6 Å². The second-order valence-corrected chi connectivity index (χ2v) is 7.45. The van der Waals surface area contributed by atoms with Gasteiger partial charge in [0.15, 0.2) is 0 Å². The van der Waals surface area contributed by atoms with E-state index in [1.54, 1.807) is 11.8 Å². The van der Waals surface area contributed by atoms with Gasteiger partial charge in [-0.25, -0.2) is 4.98 Å². The molecule has 29 heavy (non-hydrogen) atoms. The monoisotopic (exact) mass is 399 g/mol. The number of aromatic nitrogens is 2. The Bertz CT molecular complexity index is 1170. The summed E-state index contributed by atoms with van der Waals surface area (Å²) in [4.78, 5) is 18.6. The summed E-state index contributed by atoms with van der Waals surface area (Å²) in [5.41, 5.74) is 3.70. The van der Waals surface area contributed by atoms with Gasteiger partial charge in [-0.3, -0.25) is 4.79 Å². The van der Waals surface area contributed by atoms with Crippen molar-refractivity contribution in [2.24, 2.45) is 0 Å². The van der Waals surface area contributed by atoms with Crippen molar-refractivity contribution in [3.8, 4) is 0 Å². The van der Waals surface area contributed by atoms with E-state index in [1.807, 2.05) is 102 Å². The summed E-state index contributed by atoms with van der Waals surface area (Å²) < 4.78 is 1.95. The van der Waals surface area contributed by atoms with Crippen LogP contribution in [0, 0.1) is 0 Å². The highest BCUT2D eigenvalue weighted by Gasteiger charge is 2.12. The molecule has 0 aliphatic rings. The highest BCUT2D eigenvalue weighted by Crippen LogP contribution is 2.21. The van der Waals surface area contributed by atoms with Crippen molar-refractivity contribution in [1.29, 1.82) is 0 Å². The van der Waals surface area contributed by atoms with E-state index in [0.29, 0.717) is 0 Å². The predicted octanol–water partition coefficient (Wildman–Crippen LogP) is 5.57. The zero-order chi connectivity index (χ0) is 20.1. The van der Waals surface area contributed by atoms with E-state index in [0.717, 1.165) is 33.0 Å². The number of para-hydroxylation sites is 2. The molecule has 0 radical (unpaired) electrons. The van der Waals surface area contributed by atoms with Crippen LogP contribution >= 0.6 is 11.8 Å². The Morgan fingerprint density at radius 3 is 2.62 bits per heavy atom. The minimum atomic E-state index is -0.0826. The number of fused-ring (bicyclic) bond motifs is 1. The van der Waals surface area contributed by atoms with E-state index in [-0.39, 0.29) is 12.5 Å². The molecule has 1 heterocycles. The molecule has 1 aromatic heterocycles. The van der Waals surface area contributed by atoms with Crippen LogP contribution in [0.1, 0.15) is 11.4 Å². The van der Waals surface area contributed by atoms with Gasteiger partial charge in [0.2, 0.25) is 5.91 Å². The molecule has 0 bridgehead atoms. The van der Waals surface area contributed by atoms with Crippen molar-refractivity contribution in [3.05, 3.63) is 90.3 Å². The summed E-state index contributed by atoms with van der Waals surface area (Å²) in [6.45, 7) is 0.193. The summed E-state index contributed by atoms with van der Waals surface area (Å²) >= 11 is 1.65. The number of carbonyl (C=O) groups excluding carboxylic acids is 1. The van der Waals surface area contributed by atoms with Crippen LogP contribution in [0.15, 0.2) is 83.8 Å². The highest BCUT2D eigenvalue weighted by atomic mass is 32.2. The van der Waals surface area contributed by atoms with Gasteiger partial charge in [-0.15, -0.1) is 11.8 Å². The second kappa shape index (κ2) is 8.80. The lowest BCUT2D eigenvalue weighted by atomic mass is 10.2. The van der Waals surface area contributed by atoms with Crippen LogP contribution in [-0.2, 0) is 11.3 Å². The van der Waals surface area contributed by atoms with E-state index in [9.17, 15) is 4.79 Å². The minimum Gasteiger partial charge on any atom is -0.324 e. The van der Waals surface area contributed by atoms with Gasteiger partial charge >= 0.3 is 0 Å². The molecular formula is C24H21N3OS. The zero-order valence-corrected chi connectivity index (χ0v) is 16.9. The molecule has 0 atom stereocenters. The Kier molecular flexibility index (Phi) is 5.77. The minimum absolute atomic E-state index is 0.0826. The molecule has 0 spiro atoms. The first kappa shape index (κ1) is 19.0. The molecule has 3 aromatic carbocycles. The van der Waals surface area contributed by atoms with Crippen molar-refractivity contribution in [1.82, 2.24) is 9.55 Å². The summed E-state index contributed by atoms with van der Waals surface area (Å²) in [5.74, 6) is 0.670. The Balaban J connectivity index is 1.61. The Morgan fingerprint density at radius 1 is 1.00 bits per heavy atom. The number of amides is 1. The van der Waals surface area contributed by atoms with Crippen LogP contribution in [0.25, 0.3) is 23.2 Å². The van der Waals surface area contributed by atoms with Gasteiger partial charge < -0.3 is 9.88 Å². The number of nitrogens with one attached hydrogen (secondary N) is 1. The average molecular weight is 400 g/mol. The summed E-state index contributed by atoms with van der Waals surface area (Å²) in [5, 5.41) is 3.00. The molecule has 4 rings (SSSR count). The molecule has 0 saturated heterocycles. The molecule has 0 unspecified atom stereocenters. The van der Waals surface area contributed by atoms with Crippen LogP contribution in [0.3, 0.4) is 0 Å². The van der Waals surface area contributed by atoms with Gasteiger partial charge in [-0.1, -0.05) is 54.6 Å². The first-order valence-electron chi connectivity index (χ1n) is 9.35. The normalized spacial score (nSPS) is 11.2. The highest BCUT2D eigenvalue weighted by molar-refractivity contribution is 7.98. The van der Waals surface area contributed by atoms with Gasteiger partial charge in [-0.2, -0.15) is 0 Å². The molecule has 1 N–H and O–H groups in total. The number of benzene rings is 3. The smallest absolute Gasteiger partial charge is 0.244 e. The van der Waals surface area contributed by atoms with Crippen molar-refractivity contribution in [3.63, 3.8) is 0 Å². The topological polar surface area (TPSA) is 46.9 Å². The van der Waals surface area contributed by atoms with E-state index >= 15 is 0 Å². The number of nitrogens with zero attached hydrogens (tertiary/aromatic N) is 2. The molecule has 4 aromatic rings. The molecule has 0 aliphatic carbocycles. The van der Waals surface area contributed by atoms with Crippen molar-refractivity contribution >= 4 is 46.5 Å². The van der Waals surface area contributed by atoms with Crippen molar-refractivity contribution < 1.29 is 4.79 Å². The summed E-state index contributed by atoms with van der Waals surface area (Å²) in [6, 6.07) is 25.8. The lowest BCUT2D eigenvalue weighted by Crippen LogP contribution is -2.19. The van der Waals surface area contributed by atoms with E-state index < -0.39 is 0 Å². The SMILES string of the molecule is CSc1cccc(NC(=O)Cn2c(/C=C/c3ccccc3)nc3ccccc32)c1. The maximum Gasteiger partial charge on any atom is 0.244 e. The molecule has 0 saturated carbocycles. The Morgan fingerprint density at radius 2 is 1.79 bits per heavy atom. The average Bonchev–Trinajstić information content (AvgIpc) is 3.10. The number of hydrogen-bond acceptors (Lipinski definition) is 3. The summed E-state index contributed by atoms with van der Waals surface area (Å²) in [7, 11) is 0. The fourth-order valence-electron chi connectivity index (χ4n) is 3.17. The predicted molar refractivity (Wildman–Crippen MR) is 122 cm³/mol. The molecule has 4 nitrogen and oxygen atoms in total. The first-order chi connectivity index (χ1) is 14.2. The zero-order valence-electron chi connectivity index (χ0n) is 16.1. The van der Waals surface area contributed by atoms with Crippen molar-refractivity contribution in [2.75, 3.05) is 11.6 Å². The maximum absolute atomic E-state index is 12.8. The first-order valence-corrected chi connectivity index (χ1v) is 10.6. The molecular weight excluding hydrogens is 378 g/mol. The van der Waals surface area contributed by atoms with Crippen LogP contribution in [0.5, 0.6) is 0 Å². The number of anilines is 1. The number of hydrogen-bond donors (Lipinski definition) is 1. The Labute approximate surface area is 174 Å². The number of imidazole rings is 1. The van der Waals surface area contributed by atoms with Gasteiger partial charge in [0.05, 0.1) is 11.0 Å². The van der Waals surface area contributed by atoms with E-state index in [2.05, 4.69) is 5.32 Å². The molecule has 144 valence electrons. The third-order valence-corrected chi connectivity index (χ3v) is 5.29. The summed E-state index contributed by atoms with van der Waals surface area (Å²) in [6.07, 6.45) is 5.98. The standard InChI is InChI=1S/C24H21N3OS/c1-29-20-11-7-10-19(16-20)25-24(28)17-27-22-13-6-5-12-21(22)26-23(27)15-14-18-8-3-2-4-9-18/h2-16H,17H2,1H3,(H,25,28)/b15-14+. The van der Waals surface area contributed by atoms with Crippen LogP contribution < -0.4 is 5.32 Å². The third-order valence-electron chi connectivity index (χ3n) is 4.56. The van der Waals surface area contributed by atoms with E-state index in [1.165, 1.54) is 0 Å². The van der Waals surface area contributed by atoms with Gasteiger partial charge in [0.1, 0.15) is 12.4 Å². The number of rotatable bonds is 6. The van der Waals surface area contributed by atoms with Gasteiger partial charge in [-0.05, 0) is 48.2 Å². The quantitative estimate of drug-likeness (QED) is 0.431. The van der Waals surface area contributed by atoms with Crippen LogP contribution in [0.4, 0.5) is 5.69 Å². The fourth-order valence-corrected chi connectivity index (χ4v) is 3.63. The lowest BCUT2D eigenvalue weighted by Gasteiger charge is -2.09.